The Hall–Kier alpha value is -11.6. The number of nitrogens with zero attached hydrogens (tertiary/aromatic N) is 6. The largest absolute Gasteiger partial charge is 0.454 e. The zero-order valence-electron chi connectivity index (χ0n) is 44.3. The van der Waals surface area contributed by atoms with Gasteiger partial charge in [0, 0.05) is 53.9 Å². The third kappa shape index (κ3) is 6.04. The number of rotatable bonds is 5. The summed E-state index contributed by atoms with van der Waals surface area (Å²) in [6.07, 6.45) is 0. The molecular formula is C76H42N6O. The summed E-state index contributed by atoms with van der Waals surface area (Å²) in [4.78, 5) is 4.81. The van der Waals surface area contributed by atoms with E-state index in [2.05, 4.69) is 255 Å². The fourth-order valence-corrected chi connectivity index (χ4v) is 14.2. The number of hydrogen-bond acceptors (Lipinski definition) is 2. The van der Waals surface area contributed by atoms with Crippen molar-refractivity contribution in [2.75, 3.05) is 0 Å². The van der Waals surface area contributed by atoms with E-state index in [1.807, 2.05) is 24.3 Å². The normalized spacial score (nSPS) is 12.1. The van der Waals surface area contributed by atoms with E-state index in [1.165, 1.54) is 16.2 Å². The lowest BCUT2D eigenvalue weighted by atomic mass is 9.94. The molecule has 18 aromatic rings. The molecule has 5 aromatic heterocycles. The summed E-state index contributed by atoms with van der Waals surface area (Å²) >= 11 is 0. The van der Waals surface area contributed by atoms with Crippen LogP contribution in [0.3, 0.4) is 0 Å². The number of benzene rings is 13. The number of fused-ring (bicyclic) bond motifs is 19. The van der Waals surface area contributed by atoms with Crippen molar-refractivity contribution >= 4 is 136 Å². The van der Waals surface area contributed by atoms with Crippen LogP contribution in [0.5, 0.6) is 0 Å². The van der Waals surface area contributed by atoms with Crippen molar-refractivity contribution in [1.29, 1.82) is 5.26 Å². The first-order valence-electron chi connectivity index (χ1n) is 27.9. The van der Waals surface area contributed by atoms with Crippen LogP contribution in [0.25, 0.3) is 169 Å². The van der Waals surface area contributed by atoms with Crippen LogP contribution in [0.15, 0.2) is 259 Å². The number of aromatic nitrogens is 4. The summed E-state index contributed by atoms with van der Waals surface area (Å²) in [6, 6.07) is 92.8. The van der Waals surface area contributed by atoms with Crippen LogP contribution in [-0.2, 0) is 0 Å². The molecule has 0 atom stereocenters. The van der Waals surface area contributed by atoms with Gasteiger partial charge in [-0.25, -0.2) is 4.85 Å². The van der Waals surface area contributed by atoms with Gasteiger partial charge in [-0.1, -0.05) is 194 Å². The third-order valence-electron chi connectivity index (χ3n) is 17.6. The summed E-state index contributed by atoms with van der Waals surface area (Å²) in [5, 5.41) is 27.6. The zero-order valence-corrected chi connectivity index (χ0v) is 44.3. The molecule has 0 aliphatic heterocycles. The molecule has 0 fully saturated rings. The highest BCUT2D eigenvalue weighted by molar-refractivity contribution is 6.24. The molecule has 382 valence electrons. The maximum atomic E-state index is 12.7. The highest BCUT2D eigenvalue weighted by Gasteiger charge is 2.35. The lowest BCUT2D eigenvalue weighted by Gasteiger charge is -2.27. The van der Waals surface area contributed by atoms with Gasteiger partial charge < -0.3 is 22.7 Å². The first-order valence-corrected chi connectivity index (χ1v) is 27.9. The Morgan fingerprint density at radius 3 is 1.36 bits per heavy atom. The average molecular weight is 1060 g/mol. The Bertz CT molecular complexity index is 5670. The Morgan fingerprint density at radius 1 is 0.337 bits per heavy atom. The van der Waals surface area contributed by atoms with E-state index in [-0.39, 0.29) is 0 Å². The van der Waals surface area contributed by atoms with Gasteiger partial charge in [0.25, 0.3) is 0 Å². The van der Waals surface area contributed by atoms with Crippen LogP contribution in [0.4, 0.5) is 5.69 Å². The van der Waals surface area contributed by atoms with E-state index < -0.39 is 0 Å². The molecule has 5 heterocycles. The SMILES string of the molecule is [C-]#[N+]c1c(-n2c3ccccc3c3ccccc32)c(C#N)c(-n2c3ccccc3c3ccccc32)c(-n2c3ccc(-c4cccc5c4ccc4ccccc45)cc3c3ccc4c5ccccc5oc4c32)c1-n1c2ccccc2c2ccccc21. The van der Waals surface area contributed by atoms with Gasteiger partial charge >= 0.3 is 0 Å². The topological polar surface area (TPSA) is 61.0 Å². The van der Waals surface area contributed by atoms with Crippen LogP contribution in [0.2, 0.25) is 0 Å². The maximum Gasteiger partial charge on any atom is 0.237 e. The van der Waals surface area contributed by atoms with Crippen molar-refractivity contribution in [3.05, 3.63) is 272 Å². The molecule has 7 nitrogen and oxygen atoms in total. The Balaban J connectivity index is 1.12. The van der Waals surface area contributed by atoms with Crippen molar-refractivity contribution < 1.29 is 4.42 Å². The molecule has 0 aliphatic carbocycles. The second-order valence-corrected chi connectivity index (χ2v) is 21.6. The van der Waals surface area contributed by atoms with Crippen LogP contribution in [-0.4, -0.2) is 18.3 Å². The van der Waals surface area contributed by atoms with Crippen molar-refractivity contribution in [2.45, 2.75) is 0 Å². The fourth-order valence-electron chi connectivity index (χ4n) is 14.2. The minimum Gasteiger partial charge on any atom is -0.454 e. The van der Waals surface area contributed by atoms with Crippen LogP contribution in [0, 0.1) is 17.9 Å². The Kier molecular flexibility index (Phi) is 9.23. The van der Waals surface area contributed by atoms with Gasteiger partial charge in [0.05, 0.1) is 79.0 Å². The van der Waals surface area contributed by atoms with E-state index in [1.54, 1.807) is 0 Å². The molecule has 13 aromatic carbocycles. The van der Waals surface area contributed by atoms with Gasteiger partial charge in [-0.3, -0.25) is 0 Å². The monoisotopic (exact) mass is 1050 g/mol. The molecule has 7 heteroatoms. The van der Waals surface area contributed by atoms with E-state index in [9.17, 15) is 11.8 Å². The first kappa shape index (κ1) is 45.2. The second kappa shape index (κ2) is 16.9. The molecule has 0 amide bonds. The van der Waals surface area contributed by atoms with Crippen molar-refractivity contribution in [3.8, 4) is 39.9 Å². The third-order valence-corrected chi connectivity index (χ3v) is 17.6. The predicted octanol–water partition coefficient (Wildman–Crippen LogP) is 20.4. The number of nitriles is 1. The molecule has 0 N–H and O–H groups in total. The number of hydrogen-bond donors (Lipinski definition) is 0. The highest BCUT2D eigenvalue weighted by atomic mass is 16.3. The first-order chi connectivity index (χ1) is 41.2. The average Bonchev–Trinajstić information content (AvgIpc) is 1.93. The Labute approximate surface area is 473 Å². The molecular weight excluding hydrogens is 1010 g/mol. The van der Waals surface area contributed by atoms with Gasteiger partial charge in [-0.05, 0) is 93.3 Å². The molecule has 0 bridgehead atoms. The summed E-state index contributed by atoms with van der Waals surface area (Å²) in [7, 11) is 0. The van der Waals surface area contributed by atoms with Crippen LogP contribution >= 0.6 is 0 Å². The quantitative estimate of drug-likeness (QED) is 0.127. The molecule has 0 radical (unpaired) electrons. The highest BCUT2D eigenvalue weighted by Crippen LogP contribution is 2.53. The number of furan rings is 1. The van der Waals surface area contributed by atoms with Gasteiger partial charge in [-0.15, -0.1) is 0 Å². The molecule has 0 spiro atoms. The van der Waals surface area contributed by atoms with E-state index in [0.717, 1.165) is 120 Å². The van der Waals surface area contributed by atoms with Crippen LogP contribution < -0.4 is 0 Å². The zero-order chi connectivity index (χ0) is 54.6. The summed E-state index contributed by atoms with van der Waals surface area (Å²) in [5.74, 6) is 0. The lowest BCUT2D eigenvalue weighted by molar-refractivity contribution is 0.671. The molecule has 0 saturated carbocycles. The van der Waals surface area contributed by atoms with Gasteiger partial charge in [0.2, 0.25) is 5.69 Å². The molecule has 0 aliphatic rings. The maximum absolute atomic E-state index is 12.7. The Morgan fingerprint density at radius 2 is 0.795 bits per heavy atom. The van der Waals surface area contributed by atoms with Crippen molar-refractivity contribution in [1.82, 2.24) is 18.3 Å². The standard InChI is InChI=1S/C76H42N6O/c1-78-70-71(79-62-30-11-4-21-51(62)52-22-5-12-31-63(52)79)61(44-77)72(80-64-32-13-6-23-53(64)54-24-7-14-33-65(54)80)75(74(70)81-66-34-15-8-25-55(66)56-26-9-16-35-67(56)81)82-68-42-38-46(48-28-18-29-49-47-20-3-2-19-45(47)37-39-50(48)49)43-60(68)58-40-41-59-57-27-10-17-36-69(57)83-76(59)73(58)82/h2-43H. The molecule has 18 rings (SSSR count). The smallest absolute Gasteiger partial charge is 0.237 e. The predicted molar refractivity (Wildman–Crippen MR) is 343 cm³/mol. The minimum atomic E-state index is 0.325. The summed E-state index contributed by atoms with van der Waals surface area (Å²) in [5.41, 5.74) is 13.9. The molecule has 83 heavy (non-hydrogen) atoms. The fraction of sp³-hybridized carbons (Fsp3) is 0. The number of para-hydroxylation sites is 7. The summed E-state index contributed by atoms with van der Waals surface area (Å²) in [6.45, 7) is 9.89. The van der Waals surface area contributed by atoms with Crippen molar-refractivity contribution in [2.24, 2.45) is 0 Å². The van der Waals surface area contributed by atoms with E-state index in [0.29, 0.717) is 39.6 Å². The molecule has 0 unspecified atom stereocenters. The molecule has 0 saturated heterocycles. The van der Waals surface area contributed by atoms with E-state index >= 15 is 0 Å². The van der Waals surface area contributed by atoms with Gasteiger partial charge in [0.15, 0.2) is 5.58 Å². The minimum absolute atomic E-state index is 0.325. The summed E-state index contributed by atoms with van der Waals surface area (Å²) < 4.78 is 16.4. The van der Waals surface area contributed by atoms with Crippen molar-refractivity contribution in [3.63, 3.8) is 0 Å². The van der Waals surface area contributed by atoms with Crippen LogP contribution in [0.1, 0.15) is 5.56 Å². The van der Waals surface area contributed by atoms with Gasteiger partial charge in [-0.2, -0.15) is 5.26 Å². The second-order valence-electron chi connectivity index (χ2n) is 21.6. The van der Waals surface area contributed by atoms with Gasteiger partial charge in [0.1, 0.15) is 11.7 Å². The lowest BCUT2D eigenvalue weighted by Crippen LogP contribution is -2.14. The van der Waals surface area contributed by atoms with E-state index in [4.69, 9.17) is 9.26 Å².